The van der Waals surface area contributed by atoms with E-state index in [4.69, 9.17) is 9.40 Å². The maximum absolute atomic E-state index is 12.8. The van der Waals surface area contributed by atoms with Crippen LogP contribution in [0.25, 0.3) is 22.7 Å². The van der Waals surface area contributed by atoms with Crippen molar-refractivity contribution in [3.05, 3.63) is 36.7 Å². The highest BCUT2D eigenvalue weighted by Gasteiger charge is 2.32. The molecule has 5 rings (SSSR count). The Bertz CT molecular complexity index is 959. The van der Waals surface area contributed by atoms with Gasteiger partial charge in [-0.1, -0.05) is 19.3 Å². The van der Waals surface area contributed by atoms with Crippen LogP contribution in [0.1, 0.15) is 44.6 Å². The van der Waals surface area contributed by atoms with Crippen LogP contribution in [0.2, 0.25) is 0 Å². The molecule has 2 amide bonds. The number of imidazole rings is 1. The fraction of sp³-hybridized carbons (Fsp3) is 0.476. The number of urea groups is 1. The highest BCUT2D eigenvalue weighted by molar-refractivity contribution is 5.77. The lowest BCUT2D eigenvalue weighted by molar-refractivity contribution is 0.199. The monoisotopic (exact) mass is 379 g/mol. The number of carbonyl (C=O) groups excluding carboxylic acids is 1. The van der Waals surface area contributed by atoms with Gasteiger partial charge < -0.3 is 19.2 Å². The molecule has 1 aliphatic carbocycles. The lowest BCUT2D eigenvalue weighted by Crippen LogP contribution is -2.44. The highest BCUT2D eigenvalue weighted by atomic mass is 16.3. The number of nitrogens with one attached hydrogen (secondary N) is 1. The quantitative estimate of drug-likeness (QED) is 0.747. The molecule has 146 valence electrons. The van der Waals surface area contributed by atoms with Crippen LogP contribution in [0.5, 0.6) is 0 Å². The molecule has 28 heavy (non-hydrogen) atoms. The van der Waals surface area contributed by atoms with Gasteiger partial charge in [0.2, 0.25) is 0 Å². The lowest BCUT2D eigenvalue weighted by atomic mass is 9.96. The number of rotatable bonds is 3. The second-order valence-corrected chi connectivity index (χ2v) is 7.80. The number of hydrogen-bond donors (Lipinski definition) is 1. The Labute approximate surface area is 163 Å². The topological polar surface area (TPSA) is 76.2 Å². The van der Waals surface area contributed by atoms with Gasteiger partial charge in [0, 0.05) is 25.3 Å². The summed E-state index contributed by atoms with van der Waals surface area (Å²) in [5.74, 6) is 1.50. The van der Waals surface area contributed by atoms with Crippen LogP contribution < -0.4 is 5.32 Å². The molecule has 1 saturated carbocycles. The normalized spacial score (nSPS) is 20.7. The van der Waals surface area contributed by atoms with Gasteiger partial charge in [0.1, 0.15) is 5.52 Å². The minimum Gasteiger partial charge on any atom is -0.461 e. The van der Waals surface area contributed by atoms with Gasteiger partial charge in [0.05, 0.1) is 12.3 Å². The molecule has 7 nitrogen and oxygen atoms in total. The molecular formula is C21H25N5O2. The van der Waals surface area contributed by atoms with E-state index >= 15 is 0 Å². The number of carbonyl (C=O) groups is 1. The average Bonchev–Trinajstić information content (AvgIpc) is 3.46. The number of pyridine rings is 1. The van der Waals surface area contributed by atoms with Crippen LogP contribution >= 0.6 is 0 Å². The Morgan fingerprint density at radius 3 is 2.86 bits per heavy atom. The summed E-state index contributed by atoms with van der Waals surface area (Å²) in [5.41, 5.74) is 1.69. The third kappa shape index (κ3) is 3.15. The van der Waals surface area contributed by atoms with Crippen molar-refractivity contribution in [2.24, 2.45) is 0 Å². The van der Waals surface area contributed by atoms with Gasteiger partial charge in [0.25, 0.3) is 0 Å². The van der Waals surface area contributed by atoms with E-state index in [9.17, 15) is 4.79 Å². The van der Waals surface area contributed by atoms with Gasteiger partial charge in [-0.15, -0.1) is 0 Å². The van der Waals surface area contributed by atoms with Crippen molar-refractivity contribution in [3.63, 3.8) is 0 Å². The number of likely N-dealkylation sites (tertiary alicyclic amines) is 1. The third-order valence-corrected chi connectivity index (χ3v) is 5.94. The lowest BCUT2D eigenvalue weighted by Gasteiger charge is -2.26. The van der Waals surface area contributed by atoms with Crippen LogP contribution in [0.3, 0.4) is 0 Å². The van der Waals surface area contributed by atoms with Crippen molar-refractivity contribution in [1.29, 1.82) is 0 Å². The van der Waals surface area contributed by atoms with Crippen molar-refractivity contribution in [2.75, 3.05) is 13.1 Å². The minimum absolute atomic E-state index is 0.0614. The number of aromatic nitrogens is 3. The predicted octanol–water partition coefficient (Wildman–Crippen LogP) is 3.98. The zero-order chi connectivity index (χ0) is 18.9. The molecule has 0 spiro atoms. The van der Waals surface area contributed by atoms with Crippen LogP contribution in [0.15, 0.2) is 41.1 Å². The predicted molar refractivity (Wildman–Crippen MR) is 106 cm³/mol. The van der Waals surface area contributed by atoms with E-state index in [1.54, 1.807) is 12.5 Å². The Morgan fingerprint density at radius 1 is 1.14 bits per heavy atom. The summed E-state index contributed by atoms with van der Waals surface area (Å²) in [5, 5.41) is 3.23. The van der Waals surface area contributed by atoms with Crippen molar-refractivity contribution < 1.29 is 9.21 Å². The number of amides is 2. The number of fused-ring (bicyclic) bond motifs is 1. The van der Waals surface area contributed by atoms with E-state index < -0.39 is 0 Å². The van der Waals surface area contributed by atoms with Crippen LogP contribution in [0.4, 0.5) is 4.79 Å². The molecule has 3 aromatic heterocycles. The molecule has 7 heteroatoms. The first kappa shape index (κ1) is 17.3. The Kier molecular flexibility index (Phi) is 4.50. The number of hydrogen-bond acceptors (Lipinski definition) is 4. The summed E-state index contributed by atoms with van der Waals surface area (Å²) >= 11 is 0. The molecule has 0 bridgehead atoms. The summed E-state index contributed by atoms with van der Waals surface area (Å²) in [4.78, 5) is 24.0. The summed E-state index contributed by atoms with van der Waals surface area (Å²) in [6, 6.07) is 8.17. The van der Waals surface area contributed by atoms with Crippen LogP contribution in [-0.4, -0.2) is 44.6 Å². The fourth-order valence-corrected chi connectivity index (χ4v) is 4.50. The first-order valence-electron chi connectivity index (χ1n) is 10.2. The van der Waals surface area contributed by atoms with E-state index in [0.717, 1.165) is 48.6 Å². The molecule has 2 aliphatic rings. The molecule has 3 aromatic rings. The van der Waals surface area contributed by atoms with Crippen molar-refractivity contribution in [1.82, 2.24) is 24.8 Å². The summed E-state index contributed by atoms with van der Waals surface area (Å²) in [6.07, 6.45) is 10.2. The largest absolute Gasteiger partial charge is 0.461 e. The Morgan fingerprint density at radius 2 is 2.04 bits per heavy atom. The standard InChI is InChI=1S/C21H25N5O2/c27-21(23-15-6-2-1-3-7-15)25-12-10-16(14-25)26-19-17(8-4-11-22-19)24-20(26)18-9-5-13-28-18/h4-5,8-9,11,13,15-16H,1-3,6-7,10,12,14H2,(H,23,27)/t16-/m1/s1. The van der Waals surface area contributed by atoms with Gasteiger partial charge in [-0.3, -0.25) is 0 Å². The first-order valence-corrected chi connectivity index (χ1v) is 10.2. The molecule has 4 heterocycles. The van der Waals surface area contributed by atoms with Gasteiger partial charge in [0.15, 0.2) is 17.2 Å². The minimum atomic E-state index is 0.0614. The maximum Gasteiger partial charge on any atom is 0.317 e. The van der Waals surface area contributed by atoms with E-state index in [1.807, 2.05) is 29.2 Å². The second-order valence-electron chi connectivity index (χ2n) is 7.80. The van der Waals surface area contributed by atoms with Gasteiger partial charge >= 0.3 is 6.03 Å². The zero-order valence-corrected chi connectivity index (χ0v) is 15.9. The van der Waals surface area contributed by atoms with Crippen molar-refractivity contribution in [2.45, 2.75) is 50.6 Å². The molecular weight excluding hydrogens is 354 g/mol. The van der Waals surface area contributed by atoms with Crippen LogP contribution in [0, 0.1) is 0 Å². The molecule has 0 radical (unpaired) electrons. The van der Waals surface area contributed by atoms with E-state index in [2.05, 4.69) is 14.9 Å². The third-order valence-electron chi connectivity index (χ3n) is 5.94. The smallest absolute Gasteiger partial charge is 0.317 e. The average molecular weight is 379 g/mol. The fourth-order valence-electron chi connectivity index (χ4n) is 4.50. The van der Waals surface area contributed by atoms with Crippen LogP contribution in [-0.2, 0) is 0 Å². The highest BCUT2D eigenvalue weighted by Crippen LogP contribution is 2.32. The van der Waals surface area contributed by atoms with Gasteiger partial charge in [-0.25, -0.2) is 14.8 Å². The molecule has 2 fully saturated rings. The first-order chi connectivity index (χ1) is 13.8. The Hall–Kier alpha value is -2.83. The summed E-state index contributed by atoms with van der Waals surface area (Å²) in [7, 11) is 0. The van der Waals surface area contributed by atoms with E-state index in [0.29, 0.717) is 12.6 Å². The summed E-state index contributed by atoms with van der Waals surface area (Å²) < 4.78 is 7.76. The molecule has 1 aliphatic heterocycles. The Balaban J connectivity index is 1.39. The SMILES string of the molecule is O=C(NC1CCCCC1)N1CC[C@@H](n2c(-c3ccco3)nc3cccnc32)C1. The van der Waals surface area contributed by atoms with Gasteiger partial charge in [-0.2, -0.15) is 0 Å². The second kappa shape index (κ2) is 7.30. The molecule has 1 atom stereocenters. The zero-order valence-electron chi connectivity index (χ0n) is 15.9. The molecule has 1 saturated heterocycles. The van der Waals surface area contributed by atoms with E-state index in [1.165, 1.54) is 19.3 Å². The maximum atomic E-state index is 12.8. The van der Waals surface area contributed by atoms with E-state index in [-0.39, 0.29) is 12.1 Å². The molecule has 0 aromatic carbocycles. The van der Waals surface area contributed by atoms with Crippen molar-refractivity contribution in [3.8, 4) is 11.6 Å². The van der Waals surface area contributed by atoms with Crippen molar-refractivity contribution >= 4 is 17.2 Å². The molecule has 1 N–H and O–H groups in total. The number of nitrogens with zero attached hydrogens (tertiary/aromatic N) is 4. The van der Waals surface area contributed by atoms with Gasteiger partial charge in [-0.05, 0) is 43.5 Å². The summed E-state index contributed by atoms with van der Waals surface area (Å²) in [6.45, 7) is 1.40. The number of furan rings is 1. The molecule has 0 unspecified atom stereocenters.